The van der Waals surface area contributed by atoms with Crippen LogP contribution in [-0.4, -0.2) is 44.7 Å². The molecule has 0 saturated carbocycles. The molecule has 1 atom stereocenters. The quantitative estimate of drug-likeness (QED) is 0.868. The topological polar surface area (TPSA) is 42.1 Å². The lowest BCUT2D eigenvalue weighted by Gasteiger charge is -2.30. The van der Waals surface area contributed by atoms with E-state index in [1.165, 1.54) is 10.5 Å². The number of aromatic nitrogens is 1. The average molecular weight is 338 g/mol. The molecule has 3 heterocycles. The van der Waals surface area contributed by atoms with Gasteiger partial charge in [0.2, 0.25) is 0 Å². The molecule has 0 spiro atoms. The zero-order valence-electron chi connectivity index (χ0n) is 14.7. The Morgan fingerprint density at radius 1 is 1.16 bits per heavy atom. The number of amides is 1. The molecule has 2 aliphatic rings. The van der Waals surface area contributed by atoms with Gasteiger partial charge in [0.05, 0.1) is 6.20 Å². The molecule has 4 rings (SSSR count). The van der Waals surface area contributed by atoms with E-state index >= 15 is 0 Å². The van der Waals surface area contributed by atoms with E-state index in [4.69, 9.17) is 0 Å². The highest BCUT2D eigenvalue weighted by Gasteiger charge is 2.34. The molecule has 1 fully saturated rings. The molecule has 5 nitrogen and oxygen atoms in total. The lowest BCUT2D eigenvalue weighted by atomic mass is 10.1. The normalized spacial score (nSPS) is 20.6. The summed E-state index contributed by atoms with van der Waals surface area (Å²) in [5, 5.41) is 0. The number of hydrogen-bond acceptors (Lipinski definition) is 2. The third-order valence-electron chi connectivity index (χ3n) is 5.38. The summed E-state index contributed by atoms with van der Waals surface area (Å²) in [6.45, 7) is 6.70. The van der Waals surface area contributed by atoms with E-state index in [9.17, 15) is 4.79 Å². The third-order valence-corrected chi connectivity index (χ3v) is 5.38. The van der Waals surface area contributed by atoms with Gasteiger partial charge in [-0.15, -0.1) is 0 Å². The monoisotopic (exact) mass is 338 g/mol. The third kappa shape index (κ3) is 3.24. The lowest BCUT2D eigenvalue weighted by molar-refractivity contribution is -0.892. The molecule has 0 aliphatic carbocycles. The van der Waals surface area contributed by atoms with Gasteiger partial charge in [0, 0.05) is 17.8 Å². The number of nitrogens with zero attached hydrogens (tertiary/aromatic N) is 2. The van der Waals surface area contributed by atoms with Crippen molar-refractivity contribution in [3.63, 3.8) is 0 Å². The fourth-order valence-electron chi connectivity index (χ4n) is 4.07. The molecule has 1 aromatic heterocycles. The van der Waals surface area contributed by atoms with Crippen LogP contribution >= 0.6 is 0 Å². The number of para-hydroxylation sites is 1. The second-order valence-electron chi connectivity index (χ2n) is 7.11. The number of rotatable bonds is 3. The van der Waals surface area contributed by atoms with Crippen molar-refractivity contribution in [1.29, 1.82) is 0 Å². The van der Waals surface area contributed by atoms with Crippen molar-refractivity contribution >= 4 is 17.4 Å². The standard InChI is InChI=1S/C20H24N4O/c1-16-14-17-6-2-3-7-18(17)24(16)20(25)15-22-10-12-23(13-11-22)19-8-4-5-9-21-19/h2-9,16H,10-15H2,1H3/p+2/t16-/m0/s1. The summed E-state index contributed by atoms with van der Waals surface area (Å²) in [5.41, 5.74) is 2.40. The van der Waals surface area contributed by atoms with Gasteiger partial charge in [-0.3, -0.25) is 9.69 Å². The van der Waals surface area contributed by atoms with E-state index in [1.54, 1.807) is 0 Å². The highest BCUT2D eigenvalue weighted by Crippen LogP contribution is 2.31. The van der Waals surface area contributed by atoms with Crippen LogP contribution < -0.4 is 19.7 Å². The van der Waals surface area contributed by atoms with Crippen molar-refractivity contribution in [2.45, 2.75) is 19.4 Å². The fraction of sp³-hybridized carbons (Fsp3) is 0.400. The van der Waals surface area contributed by atoms with Crippen LogP contribution in [0.2, 0.25) is 0 Å². The smallest absolute Gasteiger partial charge is 0.282 e. The molecule has 0 bridgehead atoms. The van der Waals surface area contributed by atoms with Gasteiger partial charge in [0.15, 0.2) is 6.54 Å². The predicted molar refractivity (Wildman–Crippen MR) is 97.9 cm³/mol. The van der Waals surface area contributed by atoms with Crippen LogP contribution in [0.25, 0.3) is 0 Å². The van der Waals surface area contributed by atoms with Crippen LogP contribution in [0.5, 0.6) is 0 Å². The first-order chi connectivity index (χ1) is 12.2. The summed E-state index contributed by atoms with van der Waals surface area (Å²) in [6.07, 6.45) is 2.93. The Kier molecular flexibility index (Phi) is 4.40. The van der Waals surface area contributed by atoms with E-state index in [0.29, 0.717) is 6.54 Å². The molecule has 0 radical (unpaired) electrons. The zero-order valence-corrected chi connectivity index (χ0v) is 14.7. The van der Waals surface area contributed by atoms with Gasteiger partial charge in [-0.05, 0) is 31.0 Å². The Bertz CT molecular complexity index is 740. The van der Waals surface area contributed by atoms with Crippen LogP contribution in [0.15, 0.2) is 48.7 Å². The number of quaternary nitrogens is 1. The van der Waals surface area contributed by atoms with E-state index in [2.05, 4.69) is 47.1 Å². The maximum absolute atomic E-state index is 12.9. The largest absolute Gasteiger partial charge is 0.321 e. The Morgan fingerprint density at radius 3 is 2.68 bits per heavy atom. The number of anilines is 2. The van der Waals surface area contributed by atoms with E-state index in [1.807, 2.05) is 23.2 Å². The first-order valence-corrected chi connectivity index (χ1v) is 9.17. The van der Waals surface area contributed by atoms with E-state index in [0.717, 1.165) is 44.1 Å². The minimum Gasteiger partial charge on any atom is -0.321 e. The number of fused-ring (bicyclic) bond motifs is 1. The molecule has 25 heavy (non-hydrogen) atoms. The summed E-state index contributed by atoms with van der Waals surface area (Å²) in [7, 11) is 0. The zero-order chi connectivity index (χ0) is 17.2. The van der Waals surface area contributed by atoms with Crippen molar-refractivity contribution in [3.05, 3.63) is 54.2 Å². The average Bonchev–Trinajstić information content (AvgIpc) is 2.99. The molecule has 130 valence electrons. The van der Waals surface area contributed by atoms with Crippen molar-refractivity contribution in [2.75, 3.05) is 42.5 Å². The molecule has 2 N–H and O–H groups in total. The van der Waals surface area contributed by atoms with Crippen molar-refractivity contribution in [3.8, 4) is 0 Å². The van der Waals surface area contributed by atoms with Crippen LogP contribution in [0.4, 0.5) is 11.5 Å². The highest BCUT2D eigenvalue weighted by atomic mass is 16.2. The van der Waals surface area contributed by atoms with Crippen LogP contribution in [0.1, 0.15) is 12.5 Å². The summed E-state index contributed by atoms with van der Waals surface area (Å²) in [5.74, 6) is 1.42. The molecular formula is C20H26N4O+2. The minimum absolute atomic E-state index is 0.257. The number of aromatic amines is 1. The molecule has 0 unspecified atom stereocenters. The van der Waals surface area contributed by atoms with Gasteiger partial charge in [-0.25, -0.2) is 4.98 Å². The van der Waals surface area contributed by atoms with Crippen molar-refractivity contribution in [1.82, 2.24) is 0 Å². The Hall–Kier alpha value is -2.40. The SMILES string of the molecule is C[C@H]1Cc2ccccc2N1C(=O)C[NH+]1CCN(c2cccc[nH+]2)CC1. The summed E-state index contributed by atoms with van der Waals surface area (Å²) < 4.78 is 0. The van der Waals surface area contributed by atoms with Crippen LogP contribution in [0, 0.1) is 0 Å². The van der Waals surface area contributed by atoms with Gasteiger partial charge in [0.1, 0.15) is 26.2 Å². The van der Waals surface area contributed by atoms with Crippen molar-refractivity contribution < 1.29 is 14.7 Å². The van der Waals surface area contributed by atoms with Crippen LogP contribution in [-0.2, 0) is 11.2 Å². The Morgan fingerprint density at radius 2 is 1.92 bits per heavy atom. The number of carbonyl (C=O) groups excluding carboxylic acids is 1. The first kappa shape index (κ1) is 16.1. The minimum atomic E-state index is 0.257. The Balaban J connectivity index is 1.37. The molecule has 1 aromatic carbocycles. The number of benzene rings is 1. The number of hydrogen-bond donors (Lipinski definition) is 1. The maximum Gasteiger partial charge on any atom is 0.282 e. The molecule has 2 aliphatic heterocycles. The van der Waals surface area contributed by atoms with E-state index < -0.39 is 0 Å². The van der Waals surface area contributed by atoms with Gasteiger partial charge in [-0.2, -0.15) is 0 Å². The maximum atomic E-state index is 12.9. The molecule has 1 amide bonds. The van der Waals surface area contributed by atoms with Gasteiger partial charge >= 0.3 is 0 Å². The van der Waals surface area contributed by atoms with Gasteiger partial charge in [-0.1, -0.05) is 24.3 Å². The summed E-state index contributed by atoms with van der Waals surface area (Å²) >= 11 is 0. The van der Waals surface area contributed by atoms with Crippen LogP contribution in [0.3, 0.4) is 0 Å². The summed E-state index contributed by atoms with van der Waals surface area (Å²) in [6, 6.07) is 14.7. The highest BCUT2D eigenvalue weighted by molar-refractivity contribution is 5.96. The fourth-order valence-corrected chi connectivity index (χ4v) is 4.07. The molecular weight excluding hydrogens is 312 g/mol. The van der Waals surface area contributed by atoms with Crippen molar-refractivity contribution in [2.24, 2.45) is 0 Å². The second-order valence-corrected chi connectivity index (χ2v) is 7.11. The number of carbonyl (C=O) groups is 1. The lowest BCUT2D eigenvalue weighted by Crippen LogP contribution is -3.16. The molecule has 2 aromatic rings. The summed E-state index contributed by atoms with van der Waals surface area (Å²) in [4.78, 5) is 22.0. The first-order valence-electron chi connectivity index (χ1n) is 9.17. The molecule has 5 heteroatoms. The number of piperazine rings is 1. The van der Waals surface area contributed by atoms with Gasteiger partial charge in [0.25, 0.3) is 11.7 Å². The number of pyridine rings is 1. The number of H-pyrrole nitrogens is 1. The number of nitrogens with one attached hydrogen (secondary N) is 2. The molecule has 1 saturated heterocycles. The van der Waals surface area contributed by atoms with Gasteiger partial charge < -0.3 is 9.80 Å². The van der Waals surface area contributed by atoms with E-state index in [-0.39, 0.29) is 11.9 Å². The Labute approximate surface area is 148 Å². The second kappa shape index (κ2) is 6.84. The predicted octanol–water partition coefficient (Wildman–Crippen LogP) is 0.183.